The summed E-state index contributed by atoms with van der Waals surface area (Å²) in [5.41, 5.74) is 4.62. The molecule has 0 spiro atoms. The Morgan fingerprint density at radius 3 is 2.55 bits per heavy atom. The van der Waals surface area contributed by atoms with Crippen LogP contribution in [0.4, 0.5) is 11.4 Å². The lowest BCUT2D eigenvalue weighted by molar-refractivity contribution is 0.829. The molecular formula is C17H25N3. The Kier molecular flexibility index (Phi) is 4.48. The maximum Gasteiger partial charge on any atom is 0.0727 e. The number of fused-ring (bicyclic) bond motifs is 1. The van der Waals surface area contributed by atoms with Gasteiger partial charge in [-0.3, -0.25) is 4.98 Å². The van der Waals surface area contributed by atoms with Gasteiger partial charge >= 0.3 is 0 Å². The third kappa shape index (κ3) is 3.03. The van der Waals surface area contributed by atoms with Gasteiger partial charge in [-0.15, -0.1) is 0 Å². The van der Waals surface area contributed by atoms with Crippen molar-refractivity contribution in [2.45, 2.75) is 33.1 Å². The van der Waals surface area contributed by atoms with Crippen molar-refractivity contribution in [1.29, 1.82) is 0 Å². The molecule has 0 aliphatic carbocycles. The molecule has 3 heteroatoms. The van der Waals surface area contributed by atoms with Crippen LogP contribution in [0.15, 0.2) is 24.3 Å². The Labute approximate surface area is 122 Å². The van der Waals surface area contributed by atoms with Gasteiger partial charge in [0.1, 0.15) is 0 Å². The van der Waals surface area contributed by atoms with Gasteiger partial charge in [0.25, 0.3) is 0 Å². The third-order valence-electron chi connectivity index (χ3n) is 3.49. The van der Waals surface area contributed by atoms with Crippen LogP contribution < -0.4 is 10.2 Å². The van der Waals surface area contributed by atoms with Crippen molar-refractivity contribution in [3.8, 4) is 0 Å². The summed E-state index contributed by atoms with van der Waals surface area (Å²) < 4.78 is 0. The molecule has 20 heavy (non-hydrogen) atoms. The van der Waals surface area contributed by atoms with E-state index < -0.39 is 0 Å². The van der Waals surface area contributed by atoms with Gasteiger partial charge in [0.2, 0.25) is 0 Å². The maximum atomic E-state index is 4.79. The summed E-state index contributed by atoms with van der Waals surface area (Å²) in [7, 11) is 4.13. The lowest BCUT2D eigenvalue weighted by Gasteiger charge is -2.17. The third-order valence-corrected chi connectivity index (χ3v) is 3.49. The van der Waals surface area contributed by atoms with Gasteiger partial charge in [-0.2, -0.15) is 0 Å². The van der Waals surface area contributed by atoms with Gasteiger partial charge in [0.15, 0.2) is 0 Å². The van der Waals surface area contributed by atoms with Gasteiger partial charge in [-0.1, -0.05) is 20.8 Å². The Hall–Kier alpha value is -1.77. The predicted molar refractivity (Wildman–Crippen MR) is 88.9 cm³/mol. The molecule has 1 aromatic heterocycles. The van der Waals surface area contributed by atoms with Crippen molar-refractivity contribution in [3.05, 3.63) is 30.0 Å². The van der Waals surface area contributed by atoms with Crippen LogP contribution in [0.3, 0.4) is 0 Å². The average molecular weight is 271 g/mol. The molecule has 0 atom stereocenters. The van der Waals surface area contributed by atoms with E-state index in [4.69, 9.17) is 4.98 Å². The number of benzene rings is 1. The van der Waals surface area contributed by atoms with Crippen LogP contribution in [0.2, 0.25) is 0 Å². The van der Waals surface area contributed by atoms with Gasteiger partial charge in [-0.25, -0.2) is 0 Å². The Balaban J connectivity index is 2.58. The van der Waals surface area contributed by atoms with E-state index in [1.165, 1.54) is 16.8 Å². The van der Waals surface area contributed by atoms with Crippen molar-refractivity contribution in [2.75, 3.05) is 30.9 Å². The molecule has 0 bridgehead atoms. The van der Waals surface area contributed by atoms with Crippen molar-refractivity contribution in [2.24, 2.45) is 0 Å². The fraction of sp³-hybridized carbons (Fsp3) is 0.471. The molecular weight excluding hydrogens is 246 g/mol. The first-order chi connectivity index (χ1) is 9.52. The summed E-state index contributed by atoms with van der Waals surface area (Å²) in [5, 5.41) is 4.74. The smallest absolute Gasteiger partial charge is 0.0727 e. The lowest BCUT2D eigenvalue weighted by Crippen LogP contribution is -2.09. The molecule has 1 N–H and O–H groups in total. The normalized spacial score (nSPS) is 11.1. The molecule has 2 aromatic rings. The van der Waals surface area contributed by atoms with Crippen LogP contribution in [-0.4, -0.2) is 25.6 Å². The summed E-state index contributed by atoms with van der Waals surface area (Å²) in [5.74, 6) is 0.440. The molecule has 0 aliphatic rings. The van der Waals surface area contributed by atoms with Crippen molar-refractivity contribution >= 4 is 22.3 Å². The molecule has 108 valence electrons. The molecule has 1 heterocycles. The van der Waals surface area contributed by atoms with Gasteiger partial charge in [-0.05, 0) is 36.6 Å². The second kappa shape index (κ2) is 6.12. The summed E-state index contributed by atoms with van der Waals surface area (Å²) in [6, 6.07) is 8.66. The first-order valence-electron chi connectivity index (χ1n) is 7.38. The summed E-state index contributed by atoms with van der Waals surface area (Å²) in [6.07, 6.45) is 1.12. The fourth-order valence-electron chi connectivity index (χ4n) is 2.21. The zero-order valence-corrected chi connectivity index (χ0v) is 13.2. The standard InChI is InChI=1S/C17H25N3/c1-6-9-18-17-11-16(12(2)3)19-15-8-7-13(20(4)5)10-14(15)17/h7-8,10-12H,6,9H2,1-5H3,(H,18,19). The summed E-state index contributed by atoms with van der Waals surface area (Å²) in [4.78, 5) is 6.91. The Morgan fingerprint density at radius 2 is 1.95 bits per heavy atom. The molecule has 0 unspecified atom stereocenters. The number of pyridine rings is 1. The number of aromatic nitrogens is 1. The van der Waals surface area contributed by atoms with Crippen molar-refractivity contribution in [1.82, 2.24) is 4.98 Å². The van der Waals surface area contributed by atoms with Crippen LogP contribution >= 0.6 is 0 Å². The fourth-order valence-corrected chi connectivity index (χ4v) is 2.21. The largest absolute Gasteiger partial charge is 0.384 e. The highest BCUT2D eigenvalue weighted by molar-refractivity contribution is 5.94. The zero-order valence-electron chi connectivity index (χ0n) is 13.2. The molecule has 3 nitrogen and oxygen atoms in total. The molecule has 0 radical (unpaired) electrons. The van der Waals surface area contributed by atoms with Crippen LogP contribution in [0.1, 0.15) is 38.8 Å². The lowest BCUT2D eigenvalue weighted by atomic mass is 10.1. The van der Waals surface area contributed by atoms with Crippen LogP contribution in [0, 0.1) is 0 Å². The predicted octanol–water partition coefficient (Wildman–Crippen LogP) is 4.25. The van der Waals surface area contributed by atoms with Gasteiger partial charge < -0.3 is 10.2 Å². The molecule has 0 aliphatic heterocycles. The van der Waals surface area contributed by atoms with Gasteiger partial charge in [0, 0.05) is 43.1 Å². The Morgan fingerprint density at radius 1 is 1.20 bits per heavy atom. The van der Waals surface area contributed by atoms with E-state index in [-0.39, 0.29) is 0 Å². The maximum absolute atomic E-state index is 4.79. The number of nitrogens with zero attached hydrogens (tertiary/aromatic N) is 2. The molecule has 0 fully saturated rings. The quantitative estimate of drug-likeness (QED) is 0.881. The first-order valence-corrected chi connectivity index (χ1v) is 7.38. The van der Waals surface area contributed by atoms with E-state index in [1.54, 1.807) is 0 Å². The van der Waals surface area contributed by atoms with Crippen LogP contribution in [-0.2, 0) is 0 Å². The second-order valence-electron chi connectivity index (χ2n) is 5.77. The first kappa shape index (κ1) is 14.6. The highest BCUT2D eigenvalue weighted by Gasteiger charge is 2.09. The molecule has 1 aromatic carbocycles. The SMILES string of the molecule is CCCNc1cc(C(C)C)nc2ccc(N(C)C)cc12. The summed E-state index contributed by atoms with van der Waals surface area (Å²) >= 11 is 0. The van der Waals surface area contributed by atoms with E-state index in [1.807, 2.05) is 0 Å². The van der Waals surface area contributed by atoms with E-state index in [2.05, 4.69) is 69.3 Å². The van der Waals surface area contributed by atoms with E-state index in [0.717, 1.165) is 24.2 Å². The average Bonchev–Trinajstić information content (AvgIpc) is 2.43. The topological polar surface area (TPSA) is 28.2 Å². The number of hydrogen-bond donors (Lipinski definition) is 1. The molecule has 0 saturated carbocycles. The van der Waals surface area contributed by atoms with Crippen LogP contribution in [0.5, 0.6) is 0 Å². The minimum Gasteiger partial charge on any atom is -0.384 e. The number of nitrogens with one attached hydrogen (secondary N) is 1. The molecule has 0 saturated heterocycles. The summed E-state index contributed by atoms with van der Waals surface area (Å²) in [6.45, 7) is 7.55. The van der Waals surface area contributed by atoms with E-state index in [9.17, 15) is 0 Å². The minimum atomic E-state index is 0.440. The second-order valence-corrected chi connectivity index (χ2v) is 5.77. The molecule has 0 amide bonds. The van der Waals surface area contributed by atoms with Gasteiger partial charge in [0.05, 0.1) is 5.52 Å². The van der Waals surface area contributed by atoms with E-state index in [0.29, 0.717) is 5.92 Å². The van der Waals surface area contributed by atoms with Crippen molar-refractivity contribution < 1.29 is 0 Å². The minimum absolute atomic E-state index is 0.440. The number of rotatable bonds is 5. The number of anilines is 2. The monoisotopic (exact) mass is 271 g/mol. The zero-order chi connectivity index (χ0) is 14.7. The number of hydrogen-bond acceptors (Lipinski definition) is 3. The van der Waals surface area contributed by atoms with Crippen LogP contribution in [0.25, 0.3) is 10.9 Å². The molecule has 2 rings (SSSR count). The van der Waals surface area contributed by atoms with Crippen molar-refractivity contribution in [3.63, 3.8) is 0 Å². The highest BCUT2D eigenvalue weighted by atomic mass is 15.1. The highest BCUT2D eigenvalue weighted by Crippen LogP contribution is 2.29. The van der Waals surface area contributed by atoms with E-state index >= 15 is 0 Å². The Bertz CT molecular complexity index is 588.